The molecule has 1 N–H and O–H groups in total. The number of fused-ring (bicyclic) bond motifs is 1. The van der Waals surface area contributed by atoms with Gasteiger partial charge in [-0.3, -0.25) is 9.10 Å². The summed E-state index contributed by atoms with van der Waals surface area (Å²) in [4.78, 5) is 12.6. The second-order valence-corrected chi connectivity index (χ2v) is 9.34. The van der Waals surface area contributed by atoms with Crippen molar-refractivity contribution in [3.05, 3.63) is 72.8 Å². The van der Waals surface area contributed by atoms with Crippen LogP contribution in [0, 0.1) is 0 Å². The summed E-state index contributed by atoms with van der Waals surface area (Å²) in [6, 6.07) is 22.4. The summed E-state index contributed by atoms with van der Waals surface area (Å²) in [5, 5.41) is 2.95. The van der Waals surface area contributed by atoms with Crippen LogP contribution in [0.15, 0.2) is 72.8 Å². The van der Waals surface area contributed by atoms with E-state index in [1.54, 1.807) is 18.2 Å². The van der Waals surface area contributed by atoms with Crippen molar-refractivity contribution in [3.8, 4) is 22.6 Å². The second kappa shape index (κ2) is 9.32. The van der Waals surface area contributed by atoms with Crippen molar-refractivity contribution < 1.29 is 22.7 Å². The topological polar surface area (TPSA) is 84.9 Å². The highest BCUT2D eigenvalue weighted by Gasteiger charge is 2.21. The summed E-state index contributed by atoms with van der Waals surface area (Å²) in [5.41, 5.74) is 3.14. The van der Waals surface area contributed by atoms with Gasteiger partial charge in [0.2, 0.25) is 22.7 Å². The zero-order valence-corrected chi connectivity index (χ0v) is 18.5. The number of amides is 1. The van der Waals surface area contributed by atoms with Crippen LogP contribution in [0.4, 0.5) is 11.4 Å². The lowest BCUT2D eigenvalue weighted by molar-refractivity contribution is -0.116. The van der Waals surface area contributed by atoms with Crippen LogP contribution in [0.2, 0.25) is 0 Å². The van der Waals surface area contributed by atoms with E-state index < -0.39 is 10.0 Å². The maximum absolute atomic E-state index is 12.6. The van der Waals surface area contributed by atoms with Crippen LogP contribution in [0.5, 0.6) is 11.5 Å². The zero-order valence-electron chi connectivity index (χ0n) is 17.7. The van der Waals surface area contributed by atoms with E-state index in [1.165, 1.54) is 4.31 Å². The Morgan fingerprint density at radius 1 is 0.969 bits per heavy atom. The van der Waals surface area contributed by atoms with Gasteiger partial charge >= 0.3 is 0 Å². The van der Waals surface area contributed by atoms with Crippen LogP contribution in [-0.2, 0) is 14.8 Å². The molecule has 0 fully saturated rings. The van der Waals surface area contributed by atoms with E-state index in [-0.39, 0.29) is 25.7 Å². The first-order valence-electron chi connectivity index (χ1n) is 10.2. The molecule has 7 nitrogen and oxygen atoms in total. The average molecular weight is 453 g/mol. The van der Waals surface area contributed by atoms with Crippen LogP contribution >= 0.6 is 0 Å². The molecule has 0 bridgehead atoms. The summed E-state index contributed by atoms with van der Waals surface area (Å²) in [7, 11) is -3.53. The molecule has 1 heterocycles. The first kappa shape index (κ1) is 21.7. The molecule has 0 aliphatic carbocycles. The van der Waals surface area contributed by atoms with Crippen molar-refractivity contribution in [2.75, 3.05) is 29.2 Å². The third kappa shape index (κ3) is 5.03. The van der Waals surface area contributed by atoms with Gasteiger partial charge < -0.3 is 14.8 Å². The maximum Gasteiger partial charge on any atom is 0.232 e. The Labute approximate surface area is 187 Å². The van der Waals surface area contributed by atoms with Crippen molar-refractivity contribution >= 4 is 27.3 Å². The number of para-hydroxylation sites is 1. The Balaban J connectivity index is 1.41. The monoisotopic (exact) mass is 452 g/mol. The quantitative estimate of drug-likeness (QED) is 0.552. The highest BCUT2D eigenvalue weighted by atomic mass is 32.2. The van der Waals surface area contributed by atoms with Crippen LogP contribution < -0.4 is 19.1 Å². The number of carbonyl (C=O) groups is 1. The van der Waals surface area contributed by atoms with E-state index in [1.807, 2.05) is 54.6 Å². The van der Waals surface area contributed by atoms with E-state index in [2.05, 4.69) is 5.32 Å². The molecule has 0 aromatic heterocycles. The predicted octanol–water partition coefficient (Wildman–Crippen LogP) is 4.27. The summed E-state index contributed by atoms with van der Waals surface area (Å²) >= 11 is 0. The molecule has 0 saturated heterocycles. The summed E-state index contributed by atoms with van der Waals surface area (Å²) in [5.74, 6) is 0.914. The van der Waals surface area contributed by atoms with Gasteiger partial charge in [-0.15, -0.1) is 0 Å². The molecule has 32 heavy (non-hydrogen) atoms. The van der Waals surface area contributed by atoms with Crippen molar-refractivity contribution in [3.63, 3.8) is 0 Å². The van der Waals surface area contributed by atoms with Gasteiger partial charge in [-0.05, 0) is 30.2 Å². The Hall–Kier alpha value is -3.52. The molecule has 3 aromatic rings. The molecule has 0 spiro atoms. The van der Waals surface area contributed by atoms with E-state index in [0.717, 1.165) is 23.1 Å². The molecular formula is C24H24N2O5S. The molecule has 1 aliphatic heterocycles. The number of ether oxygens (including phenoxy) is 2. The van der Waals surface area contributed by atoms with Crippen molar-refractivity contribution in [1.29, 1.82) is 0 Å². The molecule has 4 rings (SSSR count). The number of anilines is 2. The number of nitrogens with zero attached hydrogens (tertiary/aromatic N) is 1. The molecule has 8 heteroatoms. The van der Waals surface area contributed by atoms with Gasteiger partial charge in [0.1, 0.15) is 0 Å². The largest absolute Gasteiger partial charge is 0.454 e. The number of benzene rings is 3. The van der Waals surface area contributed by atoms with Gasteiger partial charge in [-0.25, -0.2) is 8.42 Å². The lowest BCUT2D eigenvalue weighted by atomic mass is 10.0. The van der Waals surface area contributed by atoms with Gasteiger partial charge in [0, 0.05) is 30.3 Å². The lowest BCUT2D eigenvalue weighted by Crippen LogP contribution is -2.31. The van der Waals surface area contributed by atoms with Crippen molar-refractivity contribution in [2.24, 2.45) is 0 Å². The summed E-state index contributed by atoms with van der Waals surface area (Å²) in [6.07, 6.45) is 1.69. The number of sulfonamides is 1. The minimum atomic E-state index is -3.53. The Morgan fingerprint density at radius 3 is 2.47 bits per heavy atom. The smallest absolute Gasteiger partial charge is 0.232 e. The second-order valence-electron chi connectivity index (χ2n) is 7.44. The highest BCUT2D eigenvalue weighted by molar-refractivity contribution is 7.92. The summed E-state index contributed by atoms with van der Waals surface area (Å²) < 4.78 is 36.6. The van der Waals surface area contributed by atoms with Gasteiger partial charge in [0.15, 0.2) is 11.5 Å². The SMILES string of the molecule is CS(=O)(=O)N(CCCC(=O)Nc1ccccc1-c1ccccc1)c1ccc2c(c1)OCO2. The summed E-state index contributed by atoms with van der Waals surface area (Å²) in [6.45, 7) is 0.286. The van der Waals surface area contributed by atoms with E-state index in [0.29, 0.717) is 23.6 Å². The first-order chi connectivity index (χ1) is 15.4. The van der Waals surface area contributed by atoms with E-state index in [4.69, 9.17) is 9.47 Å². The number of carbonyl (C=O) groups excluding carboxylic acids is 1. The van der Waals surface area contributed by atoms with Gasteiger partial charge in [-0.2, -0.15) is 0 Å². The minimum Gasteiger partial charge on any atom is -0.454 e. The van der Waals surface area contributed by atoms with Gasteiger partial charge in [0.25, 0.3) is 0 Å². The fourth-order valence-electron chi connectivity index (χ4n) is 3.58. The van der Waals surface area contributed by atoms with Gasteiger partial charge in [-0.1, -0.05) is 48.5 Å². The fraction of sp³-hybridized carbons (Fsp3) is 0.208. The molecule has 3 aromatic carbocycles. The molecule has 1 amide bonds. The van der Waals surface area contributed by atoms with E-state index in [9.17, 15) is 13.2 Å². The fourth-order valence-corrected chi connectivity index (χ4v) is 4.54. The van der Waals surface area contributed by atoms with E-state index >= 15 is 0 Å². The van der Waals surface area contributed by atoms with Crippen LogP contribution in [0.3, 0.4) is 0 Å². The van der Waals surface area contributed by atoms with Crippen molar-refractivity contribution in [2.45, 2.75) is 12.8 Å². The molecule has 0 radical (unpaired) electrons. The molecular weight excluding hydrogens is 428 g/mol. The van der Waals surface area contributed by atoms with Crippen LogP contribution in [-0.4, -0.2) is 33.9 Å². The Kier molecular flexibility index (Phi) is 6.32. The first-order valence-corrected chi connectivity index (χ1v) is 12.1. The van der Waals surface area contributed by atoms with Gasteiger partial charge in [0.05, 0.1) is 11.9 Å². The number of nitrogens with one attached hydrogen (secondary N) is 1. The third-order valence-corrected chi connectivity index (χ3v) is 6.29. The highest BCUT2D eigenvalue weighted by Crippen LogP contribution is 2.36. The molecule has 0 saturated carbocycles. The molecule has 0 unspecified atom stereocenters. The number of hydrogen-bond acceptors (Lipinski definition) is 5. The third-order valence-electron chi connectivity index (χ3n) is 5.10. The number of hydrogen-bond donors (Lipinski definition) is 1. The zero-order chi connectivity index (χ0) is 22.6. The van der Waals surface area contributed by atoms with Crippen molar-refractivity contribution in [1.82, 2.24) is 0 Å². The number of rotatable bonds is 8. The normalized spacial score (nSPS) is 12.4. The molecule has 0 atom stereocenters. The standard InChI is InChI=1S/C24H24N2O5S/c1-32(28,29)26(19-13-14-22-23(16-19)31-17-30-22)15-7-12-24(27)25-21-11-6-5-10-20(21)18-8-3-2-4-9-18/h2-6,8-11,13-14,16H,7,12,15,17H2,1H3,(H,25,27). The Morgan fingerprint density at radius 2 is 1.69 bits per heavy atom. The molecule has 1 aliphatic rings. The minimum absolute atomic E-state index is 0.113. The van der Waals surface area contributed by atoms with Crippen LogP contribution in [0.1, 0.15) is 12.8 Å². The molecule has 166 valence electrons. The lowest BCUT2D eigenvalue weighted by Gasteiger charge is -2.22. The Bertz CT molecular complexity index is 1210. The average Bonchev–Trinajstić information content (AvgIpc) is 3.25. The van der Waals surface area contributed by atoms with Crippen LogP contribution in [0.25, 0.3) is 11.1 Å². The predicted molar refractivity (Wildman–Crippen MR) is 124 cm³/mol. The maximum atomic E-state index is 12.6.